The summed E-state index contributed by atoms with van der Waals surface area (Å²) in [6.45, 7) is 4.73. The number of carbonyl (C=O) groups is 2. The van der Waals surface area contributed by atoms with E-state index in [0.29, 0.717) is 0 Å². The molecule has 0 aromatic carbocycles. The van der Waals surface area contributed by atoms with Crippen molar-refractivity contribution in [1.82, 2.24) is 5.32 Å². The lowest BCUT2D eigenvalue weighted by atomic mass is 9.88. The van der Waals surface area contributed by atoms with Crippen molar-refractivity contribution < 1.29 is 43.5 Å². The fourth-order valence-corrected chi connectivity index (χ4v) is 3.25. The Labute approximate surface area is 151 Å². The molecule has 0 spiro atoms. The molecule has 2 aliphatic rings. The molecule has 0 aromatic heterocycles. The third-order valence-electron chi connectivity index (χ3n) is 4.52. The van der Waals surface area contributed by atoms with Gasteiger partial charge in [0.25, 0.3) is 5.79 Å². The first-order valence-electron chi connectivity index (χ1n) is 8.31. The molecule has 3 N–H and O–H groups in total. The molecule has 2 rings (SSSR count). The van der Waals surface area contributed by atoms with Crippen LogP contribution in [0.4, 0.5) is 0 Å². The number of methoxy groups -OCH3 is 2. The highest BCUT2D eigenvalue weighted by Gasteiger charge is 2.56. The first-order valence-corrected chi connectivity index (χ1v) is 8.31. The molecule has 10 heteroatoms. The largest absolute Gasteiger partial charge is 0.465 e. The third-order valence-corrected chi connectivity index (χ3v) is 4.52. The predicted molar refractivity (Wildman–Crippen MR) is 85.8 cm³/mol. The summed E-state index contributed by atoms with van der Waals surface area (Å²) in [5, 5.41) is 23.9. The van der Waals surface area contributed by atoms with E-state index < -0.39 is 53.9 Å². The van der Waals surface area contributed by atoms with Crippen LogP contribution in [0.5, 0.6) is 0 Å². The van der Waals surface area contributed by atoms with E-state index in [9.17, 15) is 19.8 Å². The molecular formula is C16H27NO9. The summed E-state index contributed by atoms with van der Waals surface area (Å²) in [5.74, 6) is -4.10. The molecule has 1 unspecified atom stereocenters. The Kier molecular flexibility index (Phi) is 6.26. The Hall–Kier alpha value is -1.30. The van der Waals surface area contributed by atoms with Crippen molar-refractivity contribution in [2.45, 2.75) is 69.2 Å². The topological polar surface area (TPSA) is 133 Å². The molecule has 2 aliphatic heterocycles. The number of ether oxygens (including phenoxy) is 5. The number of aliphatic hydroxyl groups is 2. The van der Waals surface area contributed by atoms with Gasteiger partial charge in [-0.25, -0.2) is 4.79 Å². The van der Waals surface area contributed by atoms with Crippen molar-refractivity contribution in [3.8, 4) is 0 Å². The Morgan fingerprint density at radius 2 is 1.92 bits per heavy atom. The van der Waals surface area contributed by atoms with Gasteiger partial charge in [0.2, 0.25) is 5.91 Å². The quantitative estimate of drug-likeness (QED) is 0.498. The van der Waals surface area contributed by atoms with Gasteiger partial charge < -0.3 is 39.2 Å². The number of aliphatic hydroxyl groups excluding tert-OH is 2. The standard InChI is InChI=1S/C16H27NO9/c1-8(18)17-11-9(19)6-16(23-5,14(21)22-4)26-13(11)12(20)10-7-24-15(2,3)25-10/h9-13,19-20H,6-7H2,1-5H3,(H,17,18)/t9-,10+,11+,12+,13?,16-/m0/s1. The minimum Gasteiger partial charge on any atom is -0.465 e. The second-order valence-electron chi connectivity index (χ2n) is 6.89. The van der Waals surface area contributed by atoms with Gasteiger partial charge >= 0.3 is 5.97 Å². The average molecular weight is 377 g/mol. The van der Waals surface area contributed by atoms with Crippen molar-refractivity contribution in [3.63, 3.8) is 0 Å². The molecule has 1 amide bonds. The number of rotatable bonds is 5. The first kappa shape index (κ1) is 21.0. The molecule has 10 nitrogen and oxygen atoms in total. The van der Waals surface area contributed by atoms with Crippen LogP contribution in [0.3, 0.4) is 0 Å². The van der Waals surface area contributed by atoms with Gasteiger partial charge in [-0.3, -0.25) is 4.79 Å². The van der Waals surface area contributed by atoms with E-state index in [4.69, 9.17) is 23.7 Å². The van der Waals surface area contributed by atoms with E-state index in [0.717, 1.165) is 7.11 Å². The van der Waals surface area contributed by atoms with E-state index in [-0.39, 0.29) is 13.0 Å². The molecule has 6 atom stereocenters. The molecule has 0 aliphatic carbocycles. The van der Waals surface area contributed by atoms with E-state index in [1.165, 1.54) is 14.0 Å². The summed E-state index contributed by atoms with van der Waals surface area (Å²) in [7, 11) is 2.38. The SMILES string of the molecule is COC(=O)[C@]1(OC)C[C@H](O)[C@@H](NC(C)=O)C([C@H](O)[C@H]2COC(C)(C)O2)O1. The van der Waals surface area contributed by atoms with Crippen LogP contribution >= 0.6 is 0 Å². The molecule has 0 radical (unpaired) electrons. The lowest BCUT2D eigenvalue weighted by molar-refractivity contribution is -0.305. The lowest BCUT2D eigenvalue weighted by Crippen LogP contribution is -2.67. The highest BCUT2D eigenvalue weighted by molar-refractivity contribution is 5.78. The first-order chi connectivity index (χ1) is 12.0. The van der Waals surface area contributed by atoms with E-state index >= 15 is 0 Å². The minimum absolute atomic E-state index is 0.0785. The lowest BCUT2D eigenvalue weighted by Gasteiger charge is -2.46. The Bertz CT molecular complexity index is 540. The molecular weight excluding hydrogens is 350 g/mol. The van der Waals surface area contributed by atoms with Gasteiger partial charge in [0.1, 0.15) is 18.3 Å². The molecule has 26 heavy (non-hydrogen) atoms. The molecule has 0 aromatic rings. The maximum absolute atomic E-state index is 12.2. The molecule has 2 fully saturated rings. The molecule has 0 saturated carbocycles. The smallest absolute Gasteiger partial charge is 0.366 e. The average Bonchev–Trinajstić information content (AvgIpc) is 2.94. The van der Waals surface area contributed by atoms with Gasteiger partial charge in [-0.2, -0.15) is 0 Å². The van der Waals surface area contributed by atoms with E-state index in [1.807, 2.05) is 0 Å². The van der Waals surface area contributed by atoms with Gasteiger partial charge in [0.05, 0.1) is 25.9 Å². The van der Waals surface area contributed by atoms with Crippen molar-refractivity contribution >= 4 is 11.9 Å². The number of hydrogen-bond acceptors (Lipinski definition) is 9. The van der Waals surface area contributed by atoms with Crippen LogP contribution < -0.4 is 5.32 Å². The maximum atomic E-state index is 12.2. The second-order valence-corrected chi connectivity index (χ2v) is 6.89. The van der Waals surface area contributed by atoms with Crippen LogP contribution in [0, 0.1) is 0 Å². The molecule has 0 bridgehead atoms. The van der Waals surface area contributed by atoms with Gasteiger partial charge in [-0.1, -0.05) is 0 Å². The fourth-order valence-electron chi connectivity index (χ4n) is 3.25. The minimum atomic E-state index is -1.91. The fraction of sp³-hybridized carbons (Fsp3) is 0.875. The number of nitrogens with one attached hydrogen (secondary N) is 1. The van der Waals surface area contributed by atoms with Gasteiger partial charge in [0.15, 0.2) is 5.79 Å². The van der Waals surface area contributed by atoms with Crippen molar-refractivity contribution in [1.29, 1.82) is 0 Å². The summed E-state index contributed by atoms with van der Waals surface area (Å²) >= 11 is 0. The van der Waals surface area contributed by atoms with Crippen LogP contribution in [0.2, 0.25) is 0 Å². The number of amides is 1. The Morgan fingerprint density at radius 3 is 2.38 bits per heavy atom. The maximum Gasteiger partial charge on any atom is 0.366 e. The third kappa shape index (κ3) is 4.16. The summed E-state index contributed by atoms with van der Waals surface area (Å²) in [4.78, 5) is 23.7. The highest BCUT2D eigenvalue weighted by Crippen LogP contribution is 2.35. The molecule has 150 valence electrons. The van der Waals surface area contributed by atoms with Crippen molar-refractivity contribution in [2.75, 3.05) is 20.8 Å². The van der Waals surface area contributed by atoms with Gasteiger partial charge in [-0.05, 0) is 13.8 Å². The van der Waals surface area contributed by atoms with E-state index in [2.05, 4.69) is 5.32 Å². The van der Waals surface area contributed by atoms with Gasteiger partial charge in [0, 0.05) is 20.5 Å². The van der Waals surface area contributed by atoms with Crippen LogP contribution in [0.25, 0.3) is 0 Å². The van der Waals surface area contributed by atoms with Crippen LogP contribution in [-0.2, 0) is 33.3 Å². The second kappa shape index (κ2) is 7.75. The number of esters is 1. The summed E-state index contributed by atoms with van der Waals surface area (Å²) in [6.07, 6.45) is -4.82. The van der Waals surface area contributed by atoms with Crippen molar-refractivity contribution in [3.05, 3.63) is 0 Å². The van der Waals surface area contributed by atoms with Crippen LogP contribution in [0.15, 0.2) is 0 Å². The summed E-state index contributed by atoms with van der Waals surface area (Å²) in [5.41, 5.74) is 0. The van der Waals surface area contributed by atoms with Gasteiger partial charge in [-0.15, -0.1) is 0 Å². The monoisotopic (exact) mass is 377 g/mol. The zero-order valence-electron chi connectivity index (χ0n) is 15.6. The zero-order chi connectivity index (χ0) is 19.7. The highest BCUT2D eigenvalue weighted by atomic mass is 16.8. The Morgan fingerprint density at radius 1 is 1.27 bits per heavy atom. The zero-order valence-corrected chi connectivity index (χ0v) is 15.6. The van der Waals surface area contributed by atoms with Crippen molar-refractivity contribution in [2.24, 2.45) is 0 Å². The number of carbonyl (C=O) groups excluding carboxylic acids is 2. The van der Waals surface area contributed by atoms with Crippen LogP contribution in [-0.4, -0.2) is 84.9 Å². The Balaban J connectivity index is 2.31. The number of hydrogen-bond donors (Lipinski definition) is 3. The predicted octanol–water partition coefficient (Wildman–Crippen LogP) is -1.33. The van der Waals surface area contributed by atoms with Crippen LogP contribution in [0.1, 0.15) is 27.2 Å². The molecule has 2 heterocycles. The van der Waals surface area contributed by atoms with E-state index in [1.54, 1.807) is 13.8 Å². The molecule has 2 saturated heterocycles. The summed E-state index contributed by atoms with van der Waals surface area (Å²) in [6, 6.07) is -0.984. The normalized spacial score (nSPS) is 37.8. The summed E-state index contributed by atoms with van der Waals surface area (Å²) < 4.78 is 26.7.